The molecule has 0 aromatic carbocycles. The van der Waals surface area contributed by atoms with E-state index in [1.807, 2.05) is 24.4 Å². The second-order valence-corrected chi connectivity index (χ2v) is 5.50. The topological polar surface area (TPSA) is 97.4 Å². The maximum absolute atomic E-state index is 12.0. The van der Waals surface area contributed by atoms with Crippen molar-refractivity contribution in [3.05, 3.63) is 72.0 Å². The van der Waals surface area contributed by atoms with Gasteiger partial charge in [-0.3, -0.25) is 14.3 Å². The SMILES string of the molecule is O=C(O)CC(=O)C1=CC=CCC1=CNc1ccn(Cc2ccco2)n1. The molecule has 3 rings (SSSR count). The van der Waals surface area contributed by atoms with E-state index in [1.165, 1.54) is 0 Å². The highest BCUT2D eigenvalue weighted by Gasteiger charge is 2.18. The minimum absolute atomic E-state index is 0.409. The summed E-state index contributed by atoms with van der Waals surface area (Å²) in [6, 6.07) is 5.50. The Balaban J connectivity index is 1.67. The highest BCUT2D eigenvalue weighted by molar-refractivity contribution is 6.08. The van der Waals surface area contributed by atoms with Crippen molar-refractivity contribution in [1.29, 1.82) is 0 Å². The van der Waals surface area contributed by atoms with Gasteiger partial charge in [-0.15, -0.1) is 0 Å². The number of aromatic nitrogens is 2. The average Bonchev–Trinajstić information content (AvgIpc) is 3.25. The molecule has 0 atom stereocenters. The van der Waals surface area contributed by atoms with E-state index in [0.717, 1.165) is 11.3 Å². The Morgan fingerprint density at radius 3 is 3.04 bits per heavy atom. The lowest BCUT2D eigenvalue weighted by Crippen LogP contribution is -2.12. The normalized spacial score (nSPS) is 15.2. The van der Waals surface area contributed by atoms with Crippen molar-refractivity contribution in [3.63, 3.8) is 0 Å². The van der Waals surface area contributed by atoms with Gasteiger partial charge in [-0.1, -0.05) is 18.2 Å². The lowest BCUT2D eigenvalue weighted by molar-refractivity contribution is -0.139. The second kappa shape index (κ2) is 7.48. The Kier molecular flexibility index (Phi) is 4.94. The van der Waals surface area contributed by atoms with Crippen LogP contribution in [0.5, 0.6) is 0 Å². The maximum atomic E-state index is 12.0. The van der Waals surface area contributed by atoms with Crippen LogP contribution >= 0.6 is 0 Å². The maximum Gasteiger partial charge on any atom is 0.311 e. The number of carboxylic acids is 1. The van der Waals surface area contributed by atoms with Gasteiger partial charge in [0.1, 0.15) is 12.2 Å². The van der Waals surface area contributed by atoms with Gasteiger partial charge in [0.2, 0.25) is 0 Å². The molecule has 2 aromatic heterocycles. The van der Waals surface area contributed by atoms with Gasteiger partial charge < -0.3 is 14.8 Å². The molecule has 0 saturated carbocycles. The van der Waals surface area contributed by atoms with Crippen LogP contribution in [0, 0.1) is 0 Å². The van der Waals surface area contributed by atoms with E-state index >= 15 is 0 Å². The monoisotopic (exact) mass is 339 g/mol. The van der Waals surface area contributed by atoms with E-state index in [2.05, 4.69) is 10.4 Å². The molecule has 2 heterocycles. The Bertz CT molecular complexity index is 857. The second-order valence-electron chi connectivity index (χ2n) is 5.50. The molecular weight excluding hydrogens is 322 g/mol. The summed E-state index contributed by atoms with van der Waals surface area (Å²) in [5.74, 6) is -0.119. The first-order valence-electron chi connectivity index (χ1n) is 7.75. The molecule has 0 aliphatic heterocycles. The summed E-state index contributed by atoms with van der Waals surface area (Å²) in [6.07, 6.45) is 10.4. The van der Waals surface area contributed by atoms with Crippen LogP contribution in [0.1, 0.15) is 18.6 Å². The molecule has 0 amide bonds. The van der Waals surface area contributed by atoms with Gasteiger partial charge in [-0.05, 0) is 24.1 Å². The number of furan rings is 1. The molecule has 0 radical (unpaired) electrons. The van der Waals surface area contributed by atoms with Crippen molar-refractivity contribution >= 4 is 17.6 Å². The van der Waals surface area contributed by atoms with E-state index in [-0.39, 0.29) is 0 Å². The Labute approximate surface area is 143 Å². The molecule has 2 aromatic rings. The van der Waals surface area contributed by atoms with Crippen LogP contribution in [-0.4, -0.2) is 26.6 Å². The number of carbonyl (C=O) groups excluding carboxylic acids is 1. The zero-order chi connectivity index (χ0) is 17.6. The lowest BCUT2D eigenvalue weighted by atomic mass is 9.94. The summed E-state index contributed by atoms with van der Waals surface area (Å²) in [6.45, 7) is 0.524. The van der Waals surface area contributed by atoms with E-state index in [0.29, 0.717) is 24.4 Å². The van der Waals surface area contributed by atoms with Gasteiger partial charge in [0.25, 0.3) is 0 Å². The van der Waals surface area contributed by atoms with Crippen LogP contribution in [-0.2, 0) is 16.1 Å². The van der Waals surface area contributed by atoms with Gasteiger partial charge in [0, 0.05) is 24.0 Å². The first-order valence-corrected chi connectivity index (χ1v) is 7.75. The molecule has 0 saturated heterocycles. The quantitative estimate of drug-likeness (QED) is 0.753. The van der Waals surface area contributed by atoms with Crippen LogP contribution in [0.4, 0.5) is 5.82 Å². The van der Waals surface area contributed by atoms with Crippen LogP contribution in [0.3, 0.4) is 0 Å². The number of Topliss-reactive ketones (excluding diaryl/α,β-unsaturated/α-hetero) is 1. The zero-order valence-electron chi connectivity index (χ0n) is 13.4. The van der Waals surface area contributed by atoms with Gasteiger partial charge >= 0.3 is 5.97 Å². The van der Waals surface area contributed by atoms with Crippen molar-refractivity contribution in [3.8, 4) is 0 Å². The first-order chi connectivity index (χ1) is 12.1. The van der Waals surface area contributed by atoms with E-state index in [1.54, 1.807) is 35.4 Å². The highest BCUT2D eigenvalue weighted by Crippen LogP contribution is 2.22. The molecule has 7 nitrogen and oxygen atoms in total. The smallest absolute Gasteiger partial charge is 0.311 e. The number of rotatable bonds is 7. The summed E-state index contributed by atoms with van der Waals surface area (Å²) in [5.41, 5.74) is 1.14. The van der Waals surface area contributed by atoms with Crippen LogP contribution < -0.4 is 5.32 Å². The highest BCUT2D eigenvalue weighted by atomic mass is 16.4. The van der Waals surface area contributed by atoms with Crippen molar-refractivity contribution in [1.82, 2.24) is 9.78 Å². The molecule has 0 bridgehead atoms. The fourth-order valence-electron chi connectivity index (χ4n) is 2.47. The summed E-state index contributed by atoms with van der Waals surface area (Å²) in [5, 5.41) is 16.2. The summed E-state index contributed by atoms with van der Waals surface area (Å²) in [7, 11) is 0. The molecule has 0 spiro atoms. The van der Waals surface area contributed by atoms with Crippen molar-refractivity contribution in [2.24, 2.45) is 0 Å². The molecule has 0 fully saturated rings. The third-order valence-corrected chi connectivity index (χ3v) is 3.63. The predicted molar refractivity (Wildman–Crippen MR) is 90.8 cm³/mol. The average molecular weight is 339 g/mol. The largest absolute Gasteiger partial charge is 0.481 e. The van der Waals surface area contributed by atoms with E-state index < -0.39 is 18.2 Å². The Hall–Kier alpha value is -3.35. The number of carbonyl (C=O) groups is 2. The van der Waals surface area contributed by atoms with Gasteiger partial charge in [0.05, 0.1) is 12.8 Å². The fraction of sp³-hybridized carbons (Fsp3) is 0.167. The number of hydrogen-bond donors (Lipinski definition) is 2. The fourth-order valence-corrected chi connectivity index (χ4v) is 2.47. The summed E-state index contributed by atoms with van der Waals surface area (Å²) in [4.78, 5) is 22.8. The number of ketones is 1. The lowest BCUT2D eigenvalue weighted by Gasteiger charge is -2.12. The number of allylic oxidation sites excluding steroid dienone is 5. The van der Waals surface area contributed by atoms with E-state index in [9.17, 15) is 9.59 Å². The summed E-state index contributed by atoms with van der Waals surface area (Å²) < 4.78 is 7.01. The molecule has 0 unspecified atom stereocenters. The third kappa shape index (κ3) is 4.35. The first kappa shape index (κ1) is 16.5. The molecule has 2 N–H and O–H groups in total. The molecule has 1 aliphatic rings. The minimum atomic E-state index is -1.13. The van der Waals surface area contributed by atoms with Gasteiger partial charge in [-0.25, -0.2) is 0 Å². The molecule has 1 aliphatic carbocycles. The number of nitrogens with one attached hydrogen (secondary N) is 1. The van der Waals surface area contributed by atoms with Crippen molar-refractivity contribution in [2.75, 3.05) is 5.32 Å². The number of anilines is 1. The van der Waals surface area contributed by atoms with Crippen molar-refractivity contribution in [2.45, 2.75) is 19.4 Å². The molecule has 25 heavy (non-hydrogen) atoms. The number of carboxylic acid groups (broad SMARTS) is 1. The van der Waals surface area contributed by atoms with Crippen LogP contribution in [0.15, 0.2) is 70.7 Å². The Morgan fingerprint density at radius 2 is 2.28 bits per heavy atom. The Morgan fingerprint density at radius 1 is 1.40 bits per heavy atom. The standard InChI is InChI=1S/C18H17N3O4/c22-16(10-18(23)24)15-6-2-1-4-13(15)11-19-17-7-8-21(20-17)12-14-5-3-9-25-14/h1-3,5-9,11H,4,10,12H2,(H,19,20)(H,23,24). The summed E-state index contributed by atoms with van der Waals surface area (Å²) >= 11 is 0. The predicted octanol–water partition coefficient (Wildman–Crippen LogP) is 2.75. The molecular formula is C18H17N3O4. The van der Waals surface area contributed by atoms with E-state index in [4.69, 9.17) is 9.52 Å². The zero-order valence-corrected chi connectivity index (χ0v) is 13.4. The third-order valence-electron chi connectivity index (χ3n) is 3.63. The number of aliphatic carboxylic acids is 1. The van der Waals surface area contributed by atoms with Gasteiger partial charge in [-0.2, -0.15) is 5.10 Å². The van der Waals surface area contributed by atoms with Crippen LogP contribution in [0.25, 0.3) is 0 Å². The molecule has 128 valence electrons. The van der Waals surface area contributed by atoms with Crippen LogP contribution in [0.2, 0.25) is 0 Å². The number of nitrogens with zero attached hydrogens (tertiary/aromatic N) is 2. The van der Waals surface area contributed by atoms with Crippen molar-refractivity contribution < 1.29 is 19.1 Å². The number of hydrogen-bond acceptors (Lipinski definition) is 5. The molecule has 7 heteroatoms. The van der Waals surface area contributed by atoms with Gasteiger partial charge in [0.15, 0.2) is 11.6 Å². The minimum Gasteiger partial charge on any atom is -0.481 e.